The van der Waals surface area contributed by atoms with Crippen molar-refractivity contribution in [3.8, 4) is 11.5 Å². The van der Waals surface area contributed by atoms with E-state index in [1.54, 1.807) is 14.2 Å². The molecule has 0 radical (unpaired) electrons. The van der Waals surface area contributed by atoms with Crippen molar-refractivity contribution in [1.82, 2.24) is 4.90 Å². The van der Waals surface area contributed by atoms with Crippen molar-refractivity contribution in [2.75, 3.05) is 84.9 Å². The molecule has 1 amide bonds. The molecule has 0 aliphatic carbocycles. The maximum Gasteiger partial charge on any atom is 0.407 e. The second kappa shape index (κ2) is 17.7. The minimum atomic E-state index is -1.51. The molecule has 2 aliphatic heterocycles. The molecule has 0 bridgehead atoms. The van der Waals surface area contributed by atoms with Crippen molar-refractivity contribution < 1.29 is 48.2 Å². The molecule has 0 saturated carbocycles. The van der Waals surface area contributed by atoms with Crippen LogP contribution in [-0.4, -0.2) is 113 Å². The van der Waals surface area contributed by atoms with Gasteiger partial charge in [-0.05, 0) is 49.6 Å². The minimum absolute atomic E-state index is 0.000713. The molecule has 2 aromatic rings. The van der Waals surface area contributed by atoms with E-state index in [0.29, 0.717) is 51.0 Å². The van der Waals surface area contributed by atoms with Gasteiger partial charge in [0.05, 0.1) is 51.3 Å². The van der Waals surface area contributed by atoms with Crippen LogP contribution in [0, 0.1) is 0 Å². The number of hydrogen-bond acceptors (Lipinski definition) is 10. The van der Waals surface area contributed by atoms with Crippen molar-refractivity contribution in [1.29, 1.82) is 0 Å². The van der Waals surface area contributed by atoms with Crippen LogP contribution in [-0.2, 0) is 42.5 Å². The molecule has 0 spiro atoms. The van der Waals surface area contributed by atoms with Gasteiger partial charge in [0.25, 0.3) is 0 Å². The van der Waals surface area contributed by atoms with E-state index in [9.17, 15) is 15.0 Å². The number of amides is 1. The molecule has 46 heavy (non-hydrogen) atoms. The van der Waals surface area contributed by atoms with Crippen molar-refractivity contribution in [2.24, 2.45) is 0 Å². The first kappa shape index (κ1) is 35.7. The number of fused-ring (bicyclic) bond motifs is 1. The van der Waals surface area contributed by atoms with Gasteiger partial charge < -0.3 is 53.2 Å². The number of aliphatic hydroxyl groups is 1. The average Bonchev–Trinajstić information content (AvgIpc) is 3.05. The molecule has 2 aromatic carbocycles. The molecule has 0 unspecified atom stereocenters. The summed E-state index contributed by atoms with van der Waals surface area (Å²) >= 11 is 0. The normalized spacial score (nSPS) is 20.2. The van der Waals surface area contributed by atoms with Crippen LogP contribution >= 0.6 is 0 Å². The molecule has 256 valence electrons. The Kier molecular flexibility index (Phi) is 13.7. The third kappa shape index (κ3) is 9.46. The van der Waals surface area contributed by atoms with Crippen molar-refractivity contribution in [2.45, 2.75) is 57.7 Å². The third-order valence-electron chi connectivity index (χ3n) is 8.29. The fourth-order valence-corrected chi connectivity index (χ4v) is 5.86. The van der Waals surface area contributed by atoms with Gasteiger partial charge in [-0.15, -0.1) is 0 Å². The Morgan fingerprint density at radius 1 is 1.07 bits per heavy atom. The Bertz CT molecular complexity index is 1250. The Hall–Kier alpha value is -3.13. The lowest BCUT2D eigenvalue weighted by molar-refractivity contribution is -0.153. The number of carboxylic acid groups (broad SMARTS) is 1. The zero-order chi connectivity index (χ0) is 32.9. The number of benzene rings is 2. The van der Waals surface area contributed by atoms with E-state index >= 15 is 0 Å². The Balaban J connectivity index is 1.56. The largest absolute Gasteiger partial charge is 0.491 e. The van der Waals surface area contributed by atoms with Gasteiger partial charge in [0, 0.05) is 52.5 Å². The molecule has 0 aromatic heterocycles. The van der Waals surface area contributed by atoms with E-state index in [2.05, 4.69) is 4.90 Å². The van der Waals surface area contributed by atoms with Gasteiger partial charge in [0.15, 0.2) is 0 Å². The summed E-state index contributed by atoms with van der Waals surface area (Å²) in [7, 11) is 3.29. The second-order valence-corrected chi connectivity index (χ2v) is 11.6. The number of ether oxygens (including phenoxy) is 7. The lowest BCUT2D eigenvalue weighted by Gasteiger charge is -2.44. The van der Waals surface area contributed by atoms with Crippen LogP contribution < -0.4 is 14.4 Å². The van der Waals surface area contributed by atoms with Gasteiger partial charge >= 0.3 is 6.09 Å². The average molecular weight is 647 g/mol. The maximum atomic E-state index is 12.3. The maximum absolute atomic E-state index is 12.3. The summed E-state index contributed by atoms with van der Waals surface area (Å²) in [4.78, 5) is 15.6. The van der Waals surface area contributed by atoms with Crippen LogP contribution in [0.25, 0.3) is 0 Å². The molecule has 2 heterocycles. The summed E-state index contributed by atoms with van der Waals surface area (Å²) in [5, 5.41) is 22.1. The summed E-state index contributed by atoms with van der Waals surface area (Å²) < 4.78 is 40.3. The molecule has 3 atom stereocenters. The number of hydrogen-bond donors (Lipinski definition) is 2. The fourth-order valence-electron chi connectivity index (χ4n) is 5.86. The smallest absolute Gasteiger partial charge is 0.407 e. The van der Waals surface area contributed by atoms with E-state index in [1.807, 2.05) is 50.2 Å². The number of rotatable bonds is 18. The van der Waals surface area contributed by atoms with Crippen LogP contribution in [0.3, 0.4) is 0 Å². The van der Waals surface area contributed by atoms with E-state index in [0.717, 1.165) is 42.1 Å². The van der Waals surface area contributed by atoms with Crippen LogP contribution in [0.1, 0.15) is 43.4 Å². The van der Waals surface area contributed by atoms with E-state index in [4.69, 9.17) is 33.2 Å². The van der Waals surface area contributed by atoms with Gasteiger partial charge in [-0.2, -0.15) is 0 Å². The number of nitrogens with zero attached hydrogens (tertiary/aromatic N) is 2. The van der Waals surface area contributed by atoms with Crippen LogP contribution in [0.2, 0.25) is 0 Å². The van der Waals surface area contributed by atoms with Crippen LogP contribution in [0.4, 0.5) is 10.5 Å². The van der Waals surface area contributed by atoms with Gasteiger partial charge in [0.1, 0.15) is 36.4 Å². The molecule has 12 heteroatoms. The van der Waals surface area contributed by atoms with Crippen molar-refractivity contribution in [3.05, 3.63) is 53.1 Å². The first-order valence-corrected chi connectivity index (χ1v) is 16.0. The summed E-state index contributed by atoms with van der Waals surface area (Å²) in [5.74, 6) is 1.29. The van der Waals surface area contributed by atoms with Gasteiger partial charge in [-0.25, -0.2) is 4.79 Å². The molecule has 2 aliphatic rings. The molecule has 1 saturated heterocycles. The SMILES string of the molecule is CCO[C@H](C)COCc1ccc([C@@]2(O)CCN(C(=O)O)C[C@@H]2OCc2ccc3c(c2)N(CCCOC)CCO3)c(OCCOC)c1. The predicted octanol–water partition coefficient (Wildman–Crippen LogP) is 4.05. The Morgan fingerprint density at radius 2 is 1.85 bits per heavy atom. The van der Waals surface area contributed by atoms with E-state index in [-0.39, 0.29) is 38.8 Å². The molecule has 2 N–H and O–H groups in total. The highest BCUT2D eigenvalue weighted by atomic mass is 16.5. The predicted molar refractivity (Wildman–Crippen MR) is 172 cm³/mol. The minimum Gasteiger partial charge on any atom is -0.491 e. The summed E-state index contributed by atoms with van der Waals surface area (Å²) in [6.07, 6.45) is -0.915. The zero-order valence-electron chi connectivity index (χ0n) is 27.6. The third-order valence-corrected chi connectivity index (χ3v) is 8.29. The van der Waals surface area contributed by atoms with Crippen LogP contribution in [0.5, 0.6) is 11.5 Å². The number of piperidine rings is 1. The van der Waals surface area contributed by atoms with E-state index in [1.165, 1.54) is 4.90 Å². The highest BCUT2D eigenvalue weighted by Gasteiger charge is 2.46. The Labute approximate surface area is 272 Å². The monoisotopic (exact) mass is 646 g/mol. The molecule has 4 rings (SSSR count). The van der Waals surface area contributed by atoms with E-state index < -0.39 is 17.8 Å². The summed E-state index contributed by atoms with van der Waals surface area (Å²) in [6.45, 7) is 9.16. The number of anilines is 1. The second-order valence-electron chi connectivity index (χ2n) is 11.6. The molecular weight excluding hydrogens is 596 g/mol. The number of carbonyl (C=O) groups is 1. The number of methoxy groups -OCH3 is 2. The van der Waals surface area contributed by atoms with Gasteiger partial charge in [-0.3, -0.25) is 0 Å². The van der Waals surface area contributed by atoms with Crippen molar-refractivity contribution >= 4 is 11.8 Å². The fraction of sp³-hybridized carbons (Fsp3) is 0.618. The topological polar surface area (TPSA) is 129 Å². The van der Waals surface area contributed by atoms with Crippen molar-refractivity contribution in [3.63, 3.8) is 0 Å². The highest BCUT2D eigenvalue weighted by molar-refractivity contribution is 5.65. The zero-order valence-corrected chi connectivity index (χ0v) is 27.6. The highest BCUT2D eigenvalue weighted by Crippen LogP contribution is 2.41. The van der Waals surface area contributed by atoms with Gasteiger partial charge in [0.2, 0.25) is 0 Å². The van der Waals surface area contributed by atoms with Gasteiger partial charge in [-0.1, -0.05) is 18.2 Å². The lowest BCUT2D eigenvalue weighted by Crippen LogP contribution is -2.56. The Morgan fingerprint density at radius 3 is 2.61 bits per heavy atom. The first-order chi connectivity index (χ1) is 22.3. The van der Waals surface area contributed by atoms with Crippen LogP contribution in [0.15, 0.2) is 36.4 Å². The quantitative estimate of drug-likeness (QED) is 0.228. The first-order valence-electron chi connectivity index (χ1n) is 16.0. The standard InChI is InChI=1S/C34H50N2O10/c1-5-43-25(2)22-42-23-27-7-9-28(31(20-27)45-18-17-41-4)34(39)11-13-36(33(37)38)21-32(34)46-24-26-8-10-30-29(19-26)35(14-16-44-30)12-6-15-40-3/h7-10,19-20,25,32,39H,5-6,11-18,21-24H2,1-4H3,(H,37,38)/t25-,32+,34+/m1/s1. The molecule has 12 nitrogen and oxygen atoms in total. The molecular formula is C34H50N2O10. The lowest BCUT2D eigenvalue weighted by atomic mass is 9.81. The number of likely N-dealkylation sites (tertiary alicyclic amines) is 1. The summed E-state index contributed by atoms with van der Waals surface area (Å²) in [6, 6.07) is 11.5. The summed E-state index contributed by atoms with van der Waals surface area (Å²) in [5.41, 5.74) is 1.77. The molecule has 1 fully saturated rings.